The van der Waals surface area contributed by atoms with Crippen LogP contribution < -0.4 is 5.32 Å². The van der Waals surface area contributed by atoms with Gasteiger partial charge in [0.2, 0.25) is 5.91 Å². The van der Waals surface area contributed by atoms with Crippen LogP contribution in [0.5, 0.6) is 0 Å². The molecule has 1 amide bonds. The molecule has 0 bridgehead atoms. The molecule has 0 aliphatic carbocycles. The summed E-state index contributed by atoms with van der Waals surface area (Å²) in [5.41, 5.74) is 0. The van der Waals surface area contributed by atoms with E-state index >= 15 is 0 Å². The zero-order valence-corrected chi connectivity index (χ0v) is 11.8. The zero-order valence-electron chi connectivity index (χ0n) is 11.0. The molecule has 0 saturated carbocycles. The summed E-state index contributed by atoms with van der Waals surface area (Å²) in [6.07, 6.45) is 0.682. The van der Waals surface area contributed by atoms with E-state index in [2.05, 4.69) is 5.32 Å². The second kappa shape index (κ2) is 6.85. The van der Waals surface area contributed by atoms with Crippen LogP contribution in [0.2, 0.25) is 0 Å². The second-order valence-electron chi connectivity index (χ2n) is 4.68. The number of carbonyl (C=O) groups excluding carboxylic acids is 1. The van der Waals surface area contributed by atoms with Crippen LogP contribution in [0.15, 0.2) is 0 Å². The van der Waals surface area contributed by atoms with Gasteiger partial charge in [-0.05, 0) is 6.42 Å². The molecule has 1 unspecified atom stereocenters. The predicted molar refractivity (Wildman–Crippen MR) is 69.6 cm³/mol. The molecule has 0 aromatic rings. The Morgan fingerprint density at radius 1 is 1.42 bits per heavy atom. The normalized spacial score (nSPS) is 21.8. The highest BCUT2D eigenvalue weighted by Gasteiger charge is 2.27. The molecule has 0 radical (unpaired) electrons. The summed E-state index contributed by atoms with van der Waals surface area (Å²) in [6, 6.07) is -0.417. The molecule has 1 fully saturated rings. The summed E-state index contributed by atoms with van der Waals surface area (Å²) in [7, 11) is -3.09. The summed E-state index contributed by atoms with van der Waals surface area (Å²) in [6.45, 7) is 2.22. The lowest BCUT2D eigenvalue weighted by Gasteiger charge is -2.26. The molecule has 1 atom stereocenters. The Morgan fingerprint density at radius 3 is 2.63 bits per heavy atom. The van der Waals surface area contributed by atoms with E-state index in [1.165, 1.54) is 4.90 Å². The zero-order chi connectivity index (χ0) is 14.5. The number of hydrogen-bond donors (Lipinski definition) is 2. The van der Waals surface area contributed by atoms with Crippen molar-refractivity contribution in [2.75, 3.05) is 31.1 Å². The van der Waals surface area contributed by atoms with Crippen molar-refractivity contribution in [3.63, 3.8) is 0 Å². The van der Waals surface area contributed by atoms with Crippen molar-refractivity contribution in [2.24, 2.45) is 0 Å². The Hall–Kier alpha value is -1.15. The molecule has 110 valence electrons. The quantitative estimate of drug-likeness (QED) is 0.656. The molecular weight excluding hydrogens is 272 g/mol. The largest absolute Gasteiger partial charge is 0.480 e. The van der Waals surface area contributed by atoms with Crippen LogP contribution in [0.1, 0.15) is 19.8 Å². The standard InChI is InChI=1S/C11H20N2O5S/c1-2-4-13(7-11(15)16)10(14)6-9-8-19(17,18)5-3-12-9/h9,12H,2-8H2,1H3,(H,15,16). The van der Waals surface area contributed by atoms with E-state index in [9.17, 15) is 18.0 Å². The first kappa shape index (κ1) is 15.9. The highest BCUT2D eigenvalue weighted by molar-refractivity contribution is 7.91. The molecule has 1 aliphatic rings. The minimum Gasteiger partial charge on any atom is -0.480 e. The first-order valence-corrected chi connectivity index (χ1v) is 8.09. The molecule has 0 aromatic heterocycles. The van der Waals surface area contributed by atoms with Crippen LogP contribution in [0, 0.1) is 0 Å². The van der Waals surface area contributed by atoms with Crippen LogP contribution in [0.25, 0.3) is 0 Å². The Morgan fingerprint density at radius 2 is 2.11 bits per heavy atom. The Bertz CT molecular complexity index is 434. The second-order valence-corrected chi connectivity index (χ2v) is 6.91. The number of nitrogens with zero attached hydrogens (tertiary/aromatic N) is 1. The lowest BCUT2D eigenvalue weighted by molar-refractivity contribution is -0.144. The van der Waals surface area contributed by atoms with Crippen LogP contribution in [-0.4, -0.2) is 67.5 Å². The molecular formula is C11H20N2O5S. The van der Waals surface area contributed by atoms with Gasteiger partial charge in [-0.1, -0.05) is 6.92 Å². The van der Waals surface area contributed by atoms with Gasteiger partial charge in [0.15, 0.2) is 9.84 Å². The van der Waals surface area contributed by atoms with E-state index < -0.39 is 21.8 Å². The third-order valence-corrected chi connectivity index (χ3v) is 4.63. The van der Waals surface area contributed by atoms with E-state index in [0.717, 1.165) is 0 Å². The minimum absolute atomic E-state index is 0.0203. The number of nitrogens with one attached hydrogen (secondary N) is 1. The number of amides is 1. The van der Waals surface area contributed by atoms with Gasteiger partial charge in [0.25, 0.3) is 0 Å². The molecule has 1 heterocycles. The van der Waals surface area contributed by atoms with Crippen LogP contribution in [0.4, 0.5) is 0 Å². The molecule has 7 nitrogen and oxygen atoms in total. The van der Waals surface area contributed by atoms with Gasteiger partial charge in [-0.3, -0.25) is 9.59 Å². The van der Waals surface area contributed by atoms with E-state index in [0.29, 0.717) is 19.5 Å². The highest BCUT2D eigenvalue weighted by atomic mass is 32.2. The molecule has 0 aromatic carbocycles. The first-order chi connectivity index (χ1) is 8.84. The average Bonchev–Trinajstić information content (AvgIpc) is 2.26. The third-order valence-electron chi connectivity index (χ3n) is 2.89. The smallest absolute Gasteiger partial charge is 0.323 e. The molecule has 0 spiro atoms. The van der Waals surface area contributed by atoms with Gasteiger partial charge in [0, 0.05) is 25.6 Å². The van der Waals surface area contributed by atoms with E-state index in [1.54, 1.807) is 0 Å². The SMILES string of the molecule is CCCN(CC(=O)O)C(=O)CC1CS(=O)(=O)CCN1. The van der Waals surface area contributed by atoms with Gasteiger partial charge in [-0.2, -0.15) is 0 Å². The van der Waals surface area contributed by atoms with Gasteiger partial charge >= 0.3 is 5.97 Å². The van der Waals surface area contributed by atoms with Crippen molar-refractivity contribution in [3.05, 3.63) is 0 Å². The fourth-order valence-corrected chi connectivity index (χ4v) is 3.51. The maximum Gasteiger partial charge on any atom is 0.323 e. The van der Waals surface area contributed by atoms with Gasteiger partial charge in [0.05, 0.1) is 11.5 Å². The number of hydrogen-bond acceptors (Lipinski definition) is 5. The summed E-state index contributed by atoms with van der Waals surface area (Å²) >= 11 is 0. The summed E-state index contributed by atoms with van der Waals surface area (Å²) in [5, 5.41) is 11.7. The van der Waals surface area contributed by atoms with Gasteiger partial charge in [-0.25, -0.2) is 8.42 Å². The number of carboxylic acid groups (broad SMARTS) is 1. The Labute approximate surface area is 112 Å². The van der Waals surface area contributed by atoms with Crippen molar-refractivity contribution >= 4 is 21.7 Å². The Balaban J connectivity index is 2.58. The fraction of sp³-hybridized carbons (Fsp3) is 0.818. The summed E-state index contributed by atoms with van der Waals surface area (Å²) < 4.78 is 22.9. The molecule has 1 aliphatic heterocycles. The van der Waals surface area contributed by atoms with E-state index in [4.69, 9.17) is 5.11 Å². The Kier molecular flexibility index (Phi) is 5.74. The van der Waals surface area contributed by atoms with Gasteiger partial charge in [-0.15, -0.1) is 0 Å². The maximum absolute atomic E-state index is 12.0. The van der Waals surface area contributed by atoms with Crippen molar-refractivity contribution < 1.29 is 23.1 Å². The van der Waals surface area contributed by atoms with Crippen molar-refractivity contribution in [3.8, 4) is 0 Å². The summed E-state index contributed by atoms with van der Waals surface area (Å²) in [5.74, 6) is -1.36. The molecule has 1 rings (SSSR count). The maximum atomic E-state index is 12.0. The van der Waals surface area contributed by atoms with E-state index in [-0.39, 0.29) is 30.4 Å². The monoisotopic (exact) mass is 292 g/mol. The van der Waals surface area contributed by atoms with Gasteiger partial charge in [0.1, 0.15) is 6.54 Å². The number of rotatable bonds is 6. The minimum atomic E-state index is -3.09. The lowest BCUT2D eigenvalue weighted by atomic mass is 10.2. The average molecular weight is 292 g/mol. The fourth-order valence-electron chi connectivity index (χ4n) is 2.06. The van der Waals surface area contributed by atoms with Crippen LogP contribution in [-0.2, 0) is 19.4 Å². The molecule has 1 saturated heterocycles. The summed E-state index contributed by atoms with van der Waals surface area (Å²) in [4.78, 5) is 23.9. The van der Waals surface area contributed by atoms with E-state index in [1.807, 2.05) is 6.92 Å². The van der Waals surface area contributed by atoms with Gasteiger partial charge < -0.3 is 15.3 Å². The highest BCUT2D eigenvalue weighted by Crippen LogP contribution is 2.07. The molecule has 8 heteroatoms. The first-order valence-electron chi connectivity index (χ1n) is 6.27. The van der Waals surface area contributed by atoms with Crippen molar-refractivity contribution in [2.45, 2.75) is 25.8 Å². The van der Waals surface area contributed by atoms with Crippen LogP contribution in [0.3, 0.4) is 0 Å². The lowest BCUT2D eigenvalue weighted by Crippen LogP contribution is -2.48. The number of aliphatic carboxylic acids is 1. The van der Waals surface area contributed by atoms with Crippen molar-refractivity contribution in [1.82, 2.24) is 10.2 Å². The van der Waals surface area contributed by atoms with Crippen molar-refractivity contribution in [1.29, 1.82) is 0 Å². The topological polar surface area (TPSA) is 104 Å². The van der Waals surface area contributed by atoms with Crippen LogP contribution >= 0.6 is 0 Å². The number of carboxylic acids is 1. The predicted octanol–water partition coefficient (Wildman–Crippen LogP) is -0.914. The molecule has 19 heavy (non-hydrogen) atoms. The third kappa shape index (κ3) is 5.56. The number of sulfone groups is 1. The number of carbonyl (C=O) groups is 2. The molecule has 2 N–H and O–H groups in total.